The van der Waals surface area contributed by atoms with Crippen molar-refractivity contribution in [3.63, 3.8) is 0 Å². The first-order valence-electron chi connectivity index (χ1n) is 5.54. The molecule has 6 N–H and O–H groups in total. The number of aromatic nitrogens is 2. The first kappa shape index (κ1) is 12.5. The van der Waals surface area contributed by atoms with Crippen LogP contribution in [0.25, 0.3) is 0 Å². The van der Waals surface area contributed by atoms with Gasteiger partial charge in [0.2, 0.25) is 5.95 Å². The Labute approximate surface area is 95.8 Å². The summed E-state index contributed by atoms with van der Waals surface area (Å²) in [5.41, 5.74) is 8.00. The van der Waals surface area contributed by atoms with E-state index < -0.39 is 0 Å². The molecule has 0 atom stereocenters. The Morgan fingerprint density at radius 1 is 1.25 bits per heavy atom. The molecular weight excluding hydrogens is 204 g/mol. The summed E-state index contributed by atoms with van der Waals surface area (Å²) in [6, 6.07) is 1.73. The minimum absolute atomic E-state index is 0.211. The lowest BCUT2D eigenvalue weighted by atomic mass is 10.0. The summed E-state index contributed by atoms with van der Waals surface area (Å²) in [6.45, 7) is 5.24. The lowest BCUT2D eigenvalue weighted by Crippen LogP contribution is -2.16. The molecule has 0 bridgehead atoms. The molecule has 6 nitrogen and oxygen atoms in total. The van der Waals surface area contributed by atoms with E-state index in [1.54, 1.807) is 6.07 Å². The topological polar surface area (TPSA) is 102 Å². The molecule has 1 aromatic heterocycles. The van der Waals surface area contributed by atoms with Gasteiger partial charge in [0, 0.05) is 12.6 Å². The van der Waals surface area contributed by atoms with Crippen molar-refractivity contribution in [1.82, 2.24) is 9.97 Å². The second-order valence-electron chi connectivity index (χ2n) is 3.70. The van der Waals surface area contributed by atoms with Crippen molar-refractivity contribution in [3.05, 3.63) is 6.07 Å². The van der Waals surface area contributed by atoms with Gasteiger partial charge in [-0.2, -0.15) is 9.97 Å². The number of nitrogens with zero attached hydrogens (tertiary/aromatic N) is 2. The zero-order chi connectivity index (χ0) is 12.0. The number of nitrogen functional groups attached to an aromatic ring is 2. The highest BCUT2D eigenvalue weighted by atomic mass is 15.3. The fourth-order valence-electron chi connectivity index (χ4n) is 1.46. The van der Waals surface area contributed by atoms with E-state index in [2.05, 4.69) is 34.6 Å². The van der Waals surface area contributed by atoms with Gasteiger partial charge >= 0.3 is 0 Å². The SMILES string of the molecule is CCC(CC)CNc1cc(NN)nc(N)n1. The summed E-state index contributed by atoms with van der Waals surface area (Å²) in [5, 5.41) is 3.24. The monoisotopic (exact) mass is 224 g/mol. The second-order valence-corrected chi connectivity index (χ2v) is 3.70. The quantitative estimate of drug-likeness (QED) is 0.427. The molecule has 0 radical (unpaired) electrons. The number of anilines is 3. The smallest absolute Gasteiger partial charge is 0.223 e. The van der Waals surface area contributed by atoms with Crippen LogP contribution in [0.2, 0.25) is 0 Å². The van der Waals surface area contributed by atoms with Gasteiger partial charge in [-0.1, -0.05) is 26.7 Å². The molecule has 1 rings (SSSR count). The molecule has 0 aromatic carbocycles. The molecule has 0 aliphatic carbocycles. The molecule has 0 amide bonds. The van der Waals surface area contributed by atoms with Gasteiger partial charge in [-0.15, -0.1) is 0 Å². The molecule has 1 aromatic rings. The molecule has 16 heavy (non-hydrogen) atoms. The molecule has 0 spiro atoms. The predicted molar refractivity (Wildman–Crippen MR) is 66.8 cm³/mol. The van der Waals surface area contributed by atoms with Crippen LogP contribution < -0.4 is 22.3 Å². The van der Waals surface area contributed by atoms with Crippen molar-refractivity contribution in [2.75, 3.05) is 23.0 Å². The highest BCUT2D eigenvalue weighted by Gasteiger charge is 2.05. The van der Waals surface area contributed by atoms with Crippen LogP contribution in [0.15, 0.2) is 6.07 Å². The van der Waals surface area contributed by atoms with Crippen LogP contribution in [0.4, 0.5) is 17.6 Å². The summed E-state index contributed by atoms with van der Waals surface area (Å²) in [4.78, 5) is 7.99. The fraction of sp³-hybridized carbons (Fsp3) is 0.600. The van der Waals surface area contributed by atoms with Crippen molar-refractivity contribution < 1.29 is 0 Å². The third-order valence-electron chi connectivity index (χ3n) is 2.62. The average Bonchev–Trinajstić information content (AvgIpc) is 2.29. The zero-order valence-electron chi connectivity index (χ0n) is 9.83. The average molecular weight is 224 g/mol. The third kappa shape index (κ3) is 3.54. The summed E-state index contributed by atoms with van der Waals surface area (Å²) in [6.07, 6.45) is 2.29. The fourth-order valence-corrected chi connectivity index (χ4v) is 1.46. The van der Waals surface area contributed by atoms with Gasteiger partial charge in [0.15, 0.2) is 0 Å². The van der Waals surface area contributed by atoms with E-state index >= 15 is 0 Å². The number of nitrogens with one attached hydrogen (secondary N) is 2. The molecule has 0 saturated heterocycles. The second kappa shape index (κ2) is 6.12. The standard InChI is InChI=1S/C10H20N6/c1-3-7(4-2)6-13-8-5-9(16-12)15-10(11)14-8/h5,7H,3-4,6,12H2,1-2H3,(H4,11,13,14,15,16). The molecule has 1 heterocycles. The lowest BCUT2D eigenvalue weighted by molar-refractivity contribution is 0.518. The molecule has 0 aliphatic heterocycles. The van der Waals surface area contributed by atoms with E-state index in [0.29, 0.717) is 17.6 Å². The largest absolute Gasteiger partial charge is 0.370 e. The maximum atomic E-state index is 5.55. The lowest BCUT2D eigenvalue weighted by Gasteiger charge is -2.14. The normalized spacial score (nSPS) is 10.5. The number of hydrogen-bond acceptors (Lipinski definition) is 6. The van der Waals surface area contributed by atoms with Crippen molar-refractivity contribution >= 4 is 17.6 Å². The van der Waals surface area contributed by atoms with E-state index in [4.69, 9.17) is 11.6 Å². The summed E-state index contributed by atoms with van der Waals surface area (Å²) < 4.78 is 0. The number of hydrogen-bond donors (Lipinski definition) is 4. The summed E-state index contributed by atoms with van der Waals surface area (Å²) >= 11 is 0. The highest BCUT2D eigenvalue weighted by Crippen LogP contribution is 2.13. The zero-order valence-corrected chi connectivity index (χ0v) is 9.83. The van der Waals surface area contributed by atoms with Gasteiger partial charge in [0.05, 0.1) is 0 Å². The van der Waals surface area contributed by atoms with Crippen molar-refractivity contribution in [2.45, 2.75) is 26.7 Å². The van der Waals surface area contributed by atoms with E-state index in [0.717, 1.165) is 19.4 Å². The van der Waals surface area contributed by atoms with Crippen LogP contribution in [-0.2, 0) is 0 Å². The Bertz CT molecular complexity index is 323. The molecule has 90 valence electrons. The Morgan fingerprint density at radius 3 is 2.44 bits per heavy atom. The molecule has 0 fully saturated rings. The Kier molecular flexibility index (Phi) is 4.78. The maximum absolute atomic E-state index is 5.55. The van der Waals surface area contributed by atoms with E-state index in [9.17, 15) is 0 Å². The van der Waals surface area contributed by atoms with Crippen molar-refractivity contribution in [2.24, 2.45) is 11.8 Å². The minimum Gasteiger partial charge on any atom is -0.370 e. The first-order chi connectivity index (χ1) is 7.69. The highest BCUT2D eigenvalue weighted by molar-refractivity contribution is 5.50. The minimum atomic E-state index is 0.211. The van der Waals surface area contributed by atoms with Crippen LogP contribution in [0.3, 0.4) is 0 Å². The molecule has 6 heteroatoms. The number of nitrogens with two attached hydrogens (primary N) is 2. The van der Waals surface area contributed by atoms with Gasteiger partial charge in [0.1, 0.15) is 11.6 Å². The molecule has 0 unspecified atom stereocenters. The van der Waals surface area contributed by atoms with E-state index in [1.807, 2.05) is 0 Å². The van der Waals surface area contributed by atoms with Gasteiger partial charge in [-0.05, 0) is 5.92 Å². The van der Waals surface area contributed by atoms with E-state index in [-0.39, 0.29) is 5.95 Å². The van der Waals surface area contributed by atoms with E-state index in [1.165, 1.54) is 0 Å². The number of hydrazine groups is 1. The van der Waals surface area contributed by atoms with Crippen LogP contribution >= 0.6 is 0 Å². The van der Waals surface area contributed by atoms with Crippen molar-refractivity contribution in [3.8, 4) is 0 Å². The van der Waals surface area contributed by atoms with Crippen LogP contribution in [-0.4, -0.2) is 16.5 Å². The Morgan fingerprint density at radius 2 is 1.88 bits per heavy atom. The summed E-state index contributed by atoms with van der Waals surface area (Å²) in [7, 11) is 0. The Hall–Kier alpha value is -1.56. The van der Waals surface area contributed by atoms with Crippen LogP contribution in [0, 0.1) is 5.92 Å². The molecular formula is C10H20N6. The predicted octanol–water partition coefficient (Wildman–Crippen LogP) is 1.19. The van der Waals surface area contributed by atoms with Crippen molar-refractivity contribution in [1.29, 1.82) is 0 Å². The van der Waals surface area contributed by atoms with Gasteiger partial charge in [-0.3, -0.25) is 0 Å². The third-order valence-corrected chi connectivity index (χ3v) is 2.62. The Balaban J connectivity index is 2.62. The van der Waals surface area contributed by atoms with Crippen LogP contribution in [0.5, 0.6) is 0 Å². The van der Waals surface area contributed by atoms with Crippen LogP contribution in [0.1, 0.15) is 26.7 Å². The van der Waals surface area contributed by atoms with Gasteiger partial charge < -0.3 is 16.5 Å². The summed E-state index contributed by atoms with van der Waals surface area (Å²) in [5.74, 6) is 7.34. The van der Waals surface area contributed by atoms with Gasteiger partial charge in [0.25, 0.3) is 0 Å². The number of rotatable bonds is 6. The molecule has 0 saturated carbocycles. The van der Waals surface area contributed by atoms with Gasteiger partial charge in [-0.25, -0.2) is 5.84 Å². The molecule has 0 aliphatic rings. The maximum Gasteiger partial charge on any atom is 0.223 e. The first-order valence-corrected chi connectivity index (χ1v) is 5.54.